The molecule has 19 heavy (non-hydrogen) atoms. The van der Waals surface area contributed by atoms with Crippen LogP contribution in [-0.2, 0) is 10.0 Å². The van der Waals surface area contributed by atoms with Crippen molar-refractivity contribution in [2.75, 3.05) is 11.4 Å². The van der Waals surface area contributed by atoms with Gasteiger partial charge in [-0.2, -0.15) is 0 Å². The van der Waals surface area contributed by atoms with Crippen molar-refractivity contribution in [1.29, 1.82) is 0 Å². The molecule has 0 saturated heterocycles. The van der Waals surface area contributed by atoms with Crippen LogP contribution in [0.25, 0.3) is 0 Å². The molecule has 0 unspecified atom stereocenters. The predicted octanol–water partition coefficient (Wildman–Crippen LogP) is 3.93. The van der Waals surface area contributed by atoms with Gasteiger partial charge < -0.3 is 0 Å². The van der Waals surface area contributed by atoms with Crippen molar-refractivity contribution in [3.8, 4) is 0 Å². The highest BCUT2D eigenvalue weighted by Crippen LogP contribution is 2.29. The van der Waals surface area contributed by atoms with Gasteiger partial charge in [0, 0.05) is 11.5 Å². The maximum Gasteiger partial charge on any atom is 0.264 e. The summed E-state index contributed by atoms with van der Waals surface area (Å²) < 4.78 is 26.7. The summed E-state index contributed by atoms with van der Waals surface area (Å²) >= 11 is 9.26. The molecule has 0 aliphatic carbocycles. The zero-order valence-electron chi connectivity index (χ0n) is 10.0. The molecule has 0 bridgehead atoms. The Morgan fingerprint density at radius 1 is 1.11 bits per heavy atom. The molecule has 0 radical (unpaired) electrons. The van der Waals surface area contributed by atoms with Gasteiger partial charge in [0.2, 0.25) is 0 Å². The predicted molar refractivity (Wildman–Crippen MR) is 81.2 cm³/mol. The van der Waals surface area contributed by atoms with Crippen LogP contribution in [0.4, 0.5) is 5.69 Å². The second-order valence-electron chi connectivity index (χ2n) is 3.88. The number of benzene rings is 2. The summed E-state index contributed by atoms with van der Waals surface area (Å²) in [5.41, 5.74) is 0.511. The van der Waals surface area contributed by atoms with E-state index in [0.717, 1.165) is 4.47 Å². The van der Waals surface area contributed by atoms with Crippen molar-refractivity contribution in [2.45, 2.75) is 4.90 Å². The summed E-state index contributed by atoms with van der Waals surface area (Å²) in [5, 5.41) is 0.465. The van der Waals surface area contributed by atoms with Gasteiger partial charge in [-0.3, -0.25) is 4.31 Å². The summed E-state index contributed by atoms with van der Waals surface area (Å²) in [6, 6.07) is 13.3. The van der Waals surface area contributed by atoms with E-state index < -0.39 is 10.0 Å². The first-order valence-corrected chi connectivity index (χ1v) is 8.03. The maximum absolute atomic E-state index is 12.4. The molecular formula is C13H11BrClNO2S. The van der Waals surface area contributed by atoms with E-state index in [1.807, 2.05) is 0 Å². The molecule has 0 N–H and O–H groups in total. The molecule has 0 aliphatic heterocycles. The van der Waals surface area contributed by atoms with Crippen LogP contribution in [0.5, 0.6) is 0 Å². The van der Waals surface area contributed by atoms with Crippen molar-refractivity contribution in [1.82, 2.24) is 0 Å². The highest BCUT2D eigenvalue weighted by molar-refractivity contribution is 9.10. The molecule has 0 atom stereocenters. The molecule has 2 aromatic carbocycles. The van der Waals surface area contributed by atoms with Gasteiger partial charge in [-0.05, 0) is 46.3 Å². The van der Waals surface area contributed by atoms with E-state index in [2.05, 4.69) is 15.9 Å². The van der Waals surface area contributed by atoms with Crippen LogP contribution < -0.4 is 4.31 Å². The lowest BCUT2D eigenvalue weighted by molar-refractivity contribution is 0.594. The van der Waals surface area contributed by atoms with Crippen molar-refractivity contribution < 1.29 is 8.42 Å². The Kier molecular flexibility index (Phi) is 4.18. The summed E-state index contributed by atoms with van der Waals surface area (Å²) in [6.45, 7) is 0. The molecule has 0 spiro atoms. The molecular weight excluding hydrogens is 350 g/mol. The van der Waals surface area contributed by atoms with Crippen LogP contribution in [0.1, 0.15) is 0 Å². The second kappa shape index (κ2) is 5.53. The number of anilines is 1. The van der Waals surface area contributed by atoms with E-state index in [0.29, 0.717) is 10.7 Å². The van der Waals surface area contributed by atoms with E-state index >= 15 is 0 Å². The van der Waals surface area contributed by atoms with Gasteiger partial charge in [-0.15, -0.1) is 0 Å². The fourth-order valence-electron chi connectivity index (χ4n) is 1.57. The molecule has 0 saturated carbocycles. The molecule has 3 nitrogen and oxygen atoms in total. The topological polar surface area (TPSA) is 37.4 Å². The third-order valence-electron chi connectivity index (χ3n) is 2.67. The summed E-state index contributed by atoms with van der Waals surface area (Å²) in [5.74, 6) is 0. The first-order valence-electron chi connectivity index (χ1n) is 5.42. The largest absolute Gasteiger partial charge is 0.269 e. The van der Waals surface area contributed by atoms with Gasteiger partial charge in [0.1, 0.15) is 0 Å². The van der Waals surface area contributed by atoms with E-state index in [1.54, 1.807) is 48.5 Å². The van der Waals surface area contributed by atoms with Crippen LogP contribution in [0, 0.1) is 0 Å². The number of hydrogen-bond donors (Lipinski definition) is 0. The molecule has 0 heterocycles. The van der Waals surface area contributed by atoms with Crippen molar-refractivity contribution in [3.63, 3.8) is 0 Å². The number of nitrogens with zero attached hydrogens (tertiary/aromatic N) is 1. The molecule has 0 amide bonds. The Hall–Kier alpha value is -1.04. The Morgan fingerprint density at radius 3 is 2.32 bits per heavy atom. The zero-order chi connectivity index (χ0) is 14.0. The monoisotopic (exact) mass is 359 g/mol. The third kappa shape index (κ3) is 2.94. The van der Waals surface area contributed by atoms with E-state index in [1.165, 1.54) is 11.4 Å². The highest BCUT2D eigenvalue weighted by atomic mass is 79.9. The Labute approximate surface area is 126 Å². The lowest BCUT2D eigenvalue weighted by atomic mass is 10.3. The van der Waals surface area contributed by atoms with Crippen LogP contribution in [0.3, 0.4) is 0 Å². The van der Waals surface area contributed by atoms with Gasteiger partial charge in [-0.1, -0.05) is 29.8 Å². The van der Waals surface area contributed by atoms with Gasteiger partial charge in [0.25, 0.3) is 10.0 Å². The van der Waals surface area contributed by atoms with Gasteiger partial charge in [-0.25, -0.2) is 8.42 Å². The smallest absolute Gasteiger partial charge is 0.264 e. The van der Waals surface area contributed by atoms with Crippen molar-refractivity contribution in [2.24, 2.45) is 0 Å². The normalized spacial score (nSPS) is 11.3. The lowest BCUT2D eigenvalue weighted by Gasteiger charge is -2.19. The van der Waals surface area contributed by atoms with Crippen molar-refractivity contribution in [3.05, 3.63) is 58.0 Å². The minimum Gasteiger partial charge on any atom is -0.269 e. The van der Waals surface area contributed by atoms with Crippen LogP contribution in [0.15, 0.2) is 57.9 Å². The number of hydrogen-bond acceptors (Lipinski definition) is 2. The Morgan fingerprint density at radius 2 is 1.74 bits per heavy atom. The van der Waals surface area contributed by atoms with Gasteiger partial charge in [0.05, 0.1) is 15.6 Å². The summed E-state index contributed by atoms with van der Waals surface area (Å²) in [6.07, 6.45) is 0. The van der Waals surface area contributed by atoms with Crippen molar-refractivity contribution >= 4 is 43.2 Å². The average molecular weight is 361 g/mol. The van der Waals surface area contributed by atoms with E-state index in [4.69, 9.17) is 11.6 Å². The molecule has 6 heteroatoms. The number of sulfonamides is 1. The highest BCUT2D eigenvalue weighted by Gasteiger charge is 2.21. The summed E-state index contributed by atoms with van der Waals surface area (Å²) in [7, 11) is -2.06. The first-order chi connectivity index (χ1) is 8.93. The molecule has 0 fully saturated rings. The fourth-order valence-corrected chi connectivity index (χ4v) is 3.20. The molecule has 0 aromatic heterocycles. The fraction of sp³-hybridized carbons (Fsp3) is 0.0769. The molecule has 0 aliphatic rings. The standard InChI is InChI=1S/C13H11BrClNO2S/c1-16(10-7-8-12(14)13(15)9-10)19(17,18)11-5-3-2-4-6-11/h2-9H,1H3. The molecule has 2 aromatic rings. The van der Waals surface area contributed by atoms with Gasteiger partial charge in [0.15, 0.2) is 0 Å². The zero-order valence-corrected chi connectivity index (χ0v) is 13.2. The molecule has 2 rings (SSSR count). The third-order valence-corrected chi connectivity index (χ3v) is 5.70. The van der Waals surface area contributed by atoms with Crippen LogP contribution in [0.2, 0.25) is 5.02 Å². The Balaban J connectivity index is 2.44. The quantitative estimate of drug-likeness (QED) is 0.832. The molecule has 100 valence electrons. The van der Waals surface area contributed by atoms with E-state index in [-0.39, 0.29) is 4.90 Å². The lowest BCUT2D eigenvalue weighted by Crippen LogP contribution is -2.26. The number of halogens is 2. The summed E-state index contributed by atoms with van der Waals surface area (Å²) in [4.78, 5) is 0.247. The van der Waals surface area contributed by atoms with E-state index in [9.17, 15) is 8.42 Å². The number of rotatable bonds is 3. The Bertz CT molecular complexity index is 689. The average Bonchev–Trinajstić information content (AvgIpc) is 2.42. The SMILES string of the molecule is CN(c1ccc(Br)c(Cl)c1)S(=O)(=O)c1ccccc1. The minimum absolute atomic E-state index is 0.247. The minimum atomic E-state index is -3.56. The van der Waals surface area contributed by atoms with Crippen LogP contribution in [-0.4, -0.2) is 15.5 Å². The maximum atomic E-state index is 12.4. The van der Waals surface area contributed by atoms with Crippen LogP contribution >= 0.6 is 27.5 Å². The first kappa shape index (κ1) is 14.4. The van der Waals surface area contributed by atoms with Gasteiger partial charge >= 0.3 is 0 Å². The second-order valence-corrected chi connectivity index (χ2v) is 7.11.